The lowest BCUT2D eigenvalue weighted by atomic mass is 9.88. The summed E-state index contributed by atoms with van der Waals surface area (Å²) in [5, 5.41) is 5.66. The first-order valence-corrected chi connectivity index (χ1v) is 8.89. The number of hydrogen-bond acceptors (Lipinski definition) is 2. The SMILES string of the molecule is CC(=O)Nc1cccc(NC(=O)CC(c2ccccc2)c2ccccc2)c1. The Morgan fingerprint density at radius 2 is 1.26 bits per heavy atom. The third kappa shape index (κ3) is 5.28. The second-order valence-electron chi connectivity index (χ2n) is 6.39. The lowest BCUT2D eigenvalue weighted by Gasteiger charge is -2.18. The van der Waals surface area contributed by atoms with E-state index in [2.05, 4.69) is 10.6 Å². The molecule has 3 rings (SSSR count). The Morgan fingerprint density at radius 3 is 1.78 bits per heavy atom. The van der Waals surface area contributed by atoms with Crippen LogP contribution in [-0.4, -0.2) is 11.8 Å². The van der Waals surface area contributed by atoms with Crippen LogP contribution in [0, 0.1) is 0 Å². The Morgan fingerprint density at radius 1 is 0.741 bits per heavy atom. The summed E-state index contributed by atoms with van der Waals surface area (Å²) < 4.78 is 0. The zero-order valence-corrected chi connectivity index (χ0v) is 15.2. The van der Waals surface area contributed by atoms with Gasteiger partial charge in [0, 0.05) is 30.6 Å². The topological polar surface area (TPSA) is 58.2 Å². The van der Waals surface area contributed by atoms with E-state index in [4.69, 9.17) is 0 Å². The number of nitrogens with one attached hydrogen (secondary N) is 2. The van der Waals surface area contributed by atoms with Gasteiger partial charge >= 0.3 is 0 Å². The molecule has 0 fully saturated rings. The summed E-state index contributed by atoms with van der Waals surface area (Å²) in [4.78, 5) is 23.9. The maximum Gasteiger partial charge on any atom is 0.225 e. The van der Waals surface area contributed by atoms with E-state index in [0.29, 0.717) is 17.8 Å². The molecule has 0 radical (unpaired) electrons. The molecular weight excluding hydrogens is 336 g/mol. The van der Waals surface area contributed by atoms with E-state index in [1.165, 1.54) is 6.92 Å². The number of amides is 2. The van der Waals surface area contributed by atoms with Gasteiger partial charge in [0.15, 0.2) is 0 Å². The van der Waals surface area contributed by atoms with Crippen molar-refractivity contribution in [3.63, 3.8) is 0 Å². The fourth-order valence-electron chi connectivity index (χ4n) is 3.07. The van der Waals surface area contributed by atoms with Crippen molar-refractivity contribution in [2.45, 2.75) is 19.3 Å². The highest BCUT2D eigenvalue weighted by atomic mass is 16.2. The van der Waals surface area contributed by atoms with Crippen molar-refractivity contribution in [1.82, 2.24) is 0 Å². The molecule has 3 aromatic carbocycles. The van der Waals surface area contributed by atoms with Gasteiger partial charge in [-0.05, 0) is 29.3 Å². The Hall–Kier alpha value is -3.40. The summed E-state index contributed by atoms with van der Waals surface area (Å²) in [6.07, 6.45) is 0.332. The van der Waals surface area contributed by atoms with Crippen molar-refractivity contribution in [3.05, 3.63) is 96.1 Å². The lowest BCUT2D eigenvalue weighted by molar-refractivity contribution is -0.116. The van der Waals surface area contributed by atoms with E-state index in [9.17, 15) is 9.59 Å². The minimum Gasteiger partial charge on any atom is -0.326 e. The molecule has 0 aromatic heterocycles. The Balaban J connectivity index is 1.76. The highest BCUT2D eigenvalue weighted by Crippen LogP contribution is 2.28. The summed E-state index contributed by atoms with van der Waals surface area (Å²) in [7, 11) is 0. The standard InChI is InChI=1S/C23H22N2O2/c1-17(26)24-20-13-8-14-21(15-20)25-23(27)16-22(18-9-4-2-5-10-18)19-11-6-3-7-12-19/h2-15,22H,16H2,1H3,(H,24,26)(H,25,27). The molecule has 2 amide bonds. The molecule has 0 spiro atoms. The number of benzene rings is 3. The van der Waals surface area contributed by atoms with Crippen molar-refractivity contribution in [3.8, 4) is 0 Å². The molecule has 0 saturated carbocycles. The molecule has 0 aliphatic rings. The summed E-state index contributed by atoms with van der Waals surface area (Å²) >= 11 is 0. The molecule has 0 heterocycles. The third-order valence-electron chi connectivity index (χ3n) is 4.26. The maximum absolute atomic E-state index is 12.7. The smallest absolute Gasteiger partial charge is 0.225 e. The second-order valence-corrected chi connectivity index (χ2v) is 6.39. The highest BCUT2D eigenvalue weighted by molar-refractivity contribution is 5.93. The molecule has 0 aliphatic carbocycles. The van der Waals surface area contributed by atoms with Gasteiger partial charge in [-0.3, -0.25) is 9.59 Å². The van der Waals surface area contributed by atoms with Gasteiger partial charge in [0.05, 0.1) is 0 Å². The molecule has 2 N–H and O–H groups in total. The van der Waals surface area contributed by atoms with Gasteiger partial charge in [-0.2, -0.15) is 0 Å². The molecule has 4 nitrogen and oxygen atoms in total. The van der Waals surface area contributed by atoms with Crippen molar-refractivity contribution >= 4 is 23.2 Å². The zero-order chi connectivity index (χ0) is 19.1. The quantitative estimate of drug-likeness (QED) is 0.664. The van der Waals surface area contributed by atoms with Gasteiger partial charge in [-0.25, -0.2) is 0 Å². The van der Waals surface area contributed by atoms with Crippen LogP contribution >= 0.6 is 0 Å². The Kier molecular flexibility index (Phi) is 6.00. The number of carbonyl (C=O) groups is 2. The Bertz CT molecular complexity index is 868. The summed E-state index contributed by atoms with van der Waals surface area (Å²) in [5.74, 6) is -0.245. The van der Waals surface area contributed by atoms with Crippen molar-refractivity contribution in [1.29, 1.82) is 0 Å². The fraction of sp³-hybridized carbons (Fsp3) is 0.130. The first-order chi connectivity index (χ1) is 13.1. The molecule has 0 atom stereocenters. The monoisotopic (exact) mass is 358 g/mol. The van der Waals surface area contributed by atoms with Crippen LogP contribution in [0.4, 0.5) is 11.4 Å². The van der Waals surface area contributed by atoms with Crippen LogP contribution in [0.3, 0.4) is 0 Å². The molecule has 27 heavy (non-hydrogen) atoms. The van der Waals surface area contributed by atoms with E-state index in [1.54, 1.807) is 18.2 Å². The molecule has 4 heteroatoms. The molecular formula is C23H22N2O2. The van der Waals surface area contributed by atoms with E-state index in [0.717, 1.165) is 11.1 Å². The summed E-state index contributed by atoms with van der Waals surface area (Å²) in [6.45, 7) is 1.45. The average molecular weight is 358 g/mol. The molecule has 3 aromatic rings. The van der Waals surface area contributed by atoms with Crippen LogP contribution in [0.1, 0.15) is 30.4 Å². The van der Waals surface area contributed by atoms with E-state index in [1.807, 2.05) is 66.7 Å². The number of rotatable bonds is 6. The van der Waals surface area contributed by atoms with Crippen LogP contribution < -0.4 is 10.6 Å². The van der Waals surface area contributed by atoms with Crippen LogP contribution in [0.5, 0.6) is 0 Å². The molecule has 0 unspecified atom stereocenters. The first-order valence-electron chi connectivity index (χ1n) is 8.89. The average Bonchev–Trinajstić information content (AvgIpc) is 2.67. The van der Waals surface area contributed by atoms with Crippen molar-refractivity contribution in [2.24, 2.45) is 0 Å². The predicted molar refractivity (Wildman–Crippen MR) is 109 cm³/mol. The number of anilines is 2. The van der Waals surface area contributed by atoms with Crippen molar-refractivity contribution < 1.29 is 9.59 Å². The van der Waals surface area contributed by atoms with Gasteiger partial charge in [-0.1, -0.05) is 66.7 Å². The van der Waals surface area contributed by atoms with Crippen molar-refractivity contribution in [2.75, 3.05) is 10.6 Å². The number of hydrogen-bond donors (Lipinski definition) is 2. The number of carbonyl (C=O) groups excluding carboxylic acids is 2. The highest BCUT2D eigenvalue weighted by Gasteiger charge is 2.18. The van der Waals surface area contributed by atoms with Crippen LogP contribution in [-0.2, 0) is 9.59 Å². The fourth-order valence-corrected chi connectivity index (χ4v) is 3.07. The molecule has 0 aliphatic heterocycles. The van der Waals surface area contributed by atoms with Gasteiger partial charge in [0.2, 0.25) is 11.8 Å². The van der Waals surface area contributed by atoms with Gasteiger partial charge in [0.1, 0.15) is 0 Å². The molecule has 136 valence electrons. The van der Waals surface area contributed by atoms with E-state index >= 15 is 0 Å². The minimum atomic E-state index is -0.147. The molecule has 0 saturated heterocycles. The largest absolute Gasteiger partial charge is 0.326 e. The van der Waals surface area contributed by atoms with E-state index in [-0.39, 0.29) is 17.7 Å². The second kappa shape index (κ2) is 8.81. The van der Waals surface area contributed by atoms with E-state index < -0.39 is 0 Å². The lowest BCUT2D eigenvalue weighted by Crippen LogP contribution is -2.16. The van der Waals surface area contributed by atoms with Gasteiger partial charge < -0.3 is 10.6 Å². The Labute approximate surface area is 159 Å². The summed E-state index contributed by atoms with van der Waals surface area (Å²) in [5.41, 5.74) is 3.52. The maximum atomic E-state index is 12.7. The molecule has 0 bridgehead atoms. The summed E-state index contributed by atoms with van der Waals surface area (Å²) in [6, 6.07) is 27.2. The third-order valence-corrected chi connectivity index (χ3v) is 4.26. The normalized spacial score (nSPS) is 10.4. The van der Waals surface area contributed by atoms with Crippen LogP contribution in [0.15, 0.2) is 84.9 Å². The van der Waals surface area contributed by atoms with Crippen LogP contribution in [0.2, 0.25) is 0 Å². The minimum absolute atomic E-state index is 0.0223. The van der Waals surface area contributed by atoms with Gasteiger partial charge in [0.25, 0.3) is 0 Å². The first kappa shape index (κ1) is 18.4. The zero-order valence-electron chi connectivity index (χ0n) is 15.2. The van der Waals surface area contributed by atoms with Crippen LogP contribution in [0.25, 0.3) is 0 Å². The van der Waals surface area contributed by atoms with Gasteiger partial charge in [-0.15, -0.1) is 0 Å². The predicted octanol–water partition coefficient (Wildman–Crippen LogP) is 4.81.